The van der Waals surface area contributed by atoms with Gasteiger partial charge in [0, 0.05) is 31.1 Å². The van der Waals surface area contributed by atoms with Crippen LogP contribution in [0.2, 0.25) is 0 Å². The number of aromatic nitrogens is 2. The van der Waals surface area contributed by atoms with Gasteiger partial charge in [0.2, 0.25) is 5.95 Å². The summed E-state index contributed by atoms with van der Waals surface area (Å²) in [6.45, 7) is 3.06. The molecule has 3 N–H and O–H groups in total. The molecule has 1 saturated heterocycles. The molecule has 1 amide bonds. The standard InChI is InChI=1S/C29H29N5O2/c30-29-31-26-12-11-19(24-10-4-3-8-22(24)17-33-13-5-9-23(33)18-35)14-25(26)27(32-29)28(36)34-15-20-6-1-2-7-21(20)16-34/h1-4,6-8,10-12,14,23,35H,5,9,13,15-18H2,(H2,30,31,32). The summed E-state index contributed by atoms with van der Waals surface area (Å²) in [4.78, 5) is 26.6. The molecular formula is C29H29N5O2. The third-order valence-corrected chi connectivity index (χ3v) is 7.46. The summed E-state index contributed by atoms with van der Waals surface area (Å²) < 4.78 is 0. The monoisotopic (exact) mass is 479 g/mol. The number of anilines is 1. The number of aliphatic hydroxyl groups excluding tert-OH is 1. The van der Waals surface area contributed by atoms with Gasteiger partial charge in [0.05, 0.1) is 12.1 Å². The number of likely N-dealkylation sites (tertiary alicyclic amines) is 1. The zero-order chi connectivity index (χ0) is 24.6. The molecule has 0 bridgehead atoms. The highest BCUT2D eigenvalue weighted by molar-refractivity contribution is 6.06. The molecule has 0 saturated carbocycles. The van der Waals surface area contributed by atoms with Crippen molar-refractivity contribution >= 4 is 22.8 Å². The van der Waals surface area contributed by atoms with Crippen LogP contribution in [0, 0.1) is 0 Å². The van der Waals surface area contributed by atoms with Crippen LogP contribution in [0.1, 0.15) is 40.0 Å². The van der Waals surface area contributed by atoms with Gasteiger partial charge >= 0.3 is 0 Å². The molecule has 1 fully saturated rings. The molecule has 2 aliphatic heterocycles. The Bertz CT molecular complexity index is 1430. The molecule has 7 heteroatoms. The van der Waals surface area contributed by atoms with Gasteiger partial charge in [-0.25, -0.2) is 9.97 Å². The number of fused-ring (bicyclic) bond motifs is 2. The zero-order valence-corrected chi connectivity index (χ0v) is 20.1. The molecular weight excluding hydrogens is 450 g/mol. The Morgan fingerprint density at radius 2 is 1.75 bits per heavy atom. The Balaban J connectivity index is 1.37. The molecule has 0 aliphatic carbocycles. The molecule has 7 nitrogen and oxygen atoms in total. The normalized spacial score (nSPS) is 17.6. The fourth-order valence-corrected chi connectivity index (χ4v) is 5.57. The highest BCUT2D eigenvalue weighted by Gasteiger charge is 2.27. The summed E-state index contributed by atoms with van der Waals surface area (Å²) in [6.07, 6.45) is 2.13. The maximum absolute atomic E-state index is 13.6. The van der Waals surface area contributed by atoms with E-state index in [1.807, 2.05) is 47.4 Å². The minimum absolute atomic E-state index is 0.0970. The Labute approximate surface area is 210 Å². The highest BCUT2D eigenvalue weighted by Crippen LogP contribution is 2.32. The summed E-state index contributed by atoms with van der Waals surface area (Å²) in [5.41, 5.74) is 12.6. The van der Waals surface area contributed by atoms with E-state index in [4.69, 9.17) is 5.73 Å². The van der Waals surface area contributed by atoms with Gasteiger partial charge < -0.3 is 15.7 Å². The molecule has 0 radical (unpaired) electrons. The van der Waals surface area contributed by atoms with Crippen molar-refractivity contribution in [2.24, 2.45) is 0 Å². The zero-order valence-electron chi connectivity index (χ0n) is 20.1. The predicted octanol–water partition coefficient (Wildman–Crippen LogP) is 3.99. The topological polar surface area (TPSA) is 95.6 Å². The van der Waals surface area contributed by atoms with E-state index in [1.165, 1.54) is 5.56 Å². The van der Waals surface area contributed by atoms with Crippen molar-refractivity contribution in [2.75, 3.05) is 18.9 Å². The van der Waals surface area contributed by atoms with Crippen LogP contribution >= 0.6 is 0 Å². The first kappa shape index (κ1) is 22.6. The van der Waals surface area contributed by atoms with Crippen LogP contribution in [0.4, 0.5) is 5.95 Å². The van der Waals surface area contributed by atoms with Crippen molar-refractivity contribution in [3.63, 3.8) is 0 Å². The quantitative estimate of drug-likeness (QED) is 0.449. The van der Waals surface area contributed by atoms with Crippen LogP contribution in [-0.2, 0) is 19.6 Å². The van der Waals surface area contributed by atoms with E-state index in [0.717, 1.165) is 48.2 Å². The number of nitrogens with two attached hydrogens (primary N) is 1. The molecule has 1 aromatic heterocycles. The lowest BCUT2D eigenvalue weighted by Gasteiger charge is -2.24. The number of nitrogens with zero attached hydrogens (tertiary/aromatic N) is 4. The molecule has 0 spiro atoms. The van der Waals surface area contributed by atoms with Gasteiger partial charge in [-0.3, -0.25) is 9.69 Å². The minimum atomic E-state index is -0.140. The molecule has 2 aliphatic rings. The van der Waals surface area contributed by atoms with E-state index in [0.29, 0.717) is 29.7 Å². The number of nitrogen functional groups attached to an aromatic ring is 1. The van der Waals surface area contributed by atoms with E-state index >= 15 is 0 Å². The number of rotatable bonds is 5. The van der Waals surface area contributed by atoms with Crippen LogP contribution in [0.15, 0.2) is 66.7 Å². The number of carbonyl (C=O) groups excluding carboxylic acids is 1. The number of benzene rings is 3. The van der Waals surface area contributed by atoms with Crippen LogP contribution in [0.3, 0.4) is 0 Å². The molecule has 36 heavy (non-hydrogen) atoms. The van der Waals surface area contributed by atoms with Crippen molar-refractivity contribution < 1.29 is 9.90 Å². The largest absolute Gasteiger partial charge is 0.395 e. The number of hydrogen-bond acceptors (Lipinski definition) is 6. The molecule has 3 aromatic carbocycles. The van der Waals surface area contributed by atoms with Gasteiger partial charge in [0.15, 0.2) is 0 Å². The van der Waals surface area contributed by atoms with E-state index < -0.39 is 0 Å². The second-order valence-corrected chi connectivity index (χ2v) is 9.70. The highest BCUT2D eigenvalue weighted by atomic mass is 16.3. The Hall–Kier alpha value is -3.81. The SMILES string of the molecule is Nc1nc(C(=O)N2Cc3ccccc3C2)c2cc(-c3ccccc3CN3CCCC3CO)ccc2n1. The maximum Gasteiger partial charge on any atom is 0.273 e. The predicted molar refractivity (Wildman–Crippen MR) is 140 cm³/mol. The van der Waals surface area contributed by atoms with Gasteiger partial charge in [-0.1, -0.05) is 54.6 Å². The summed E-state index contributed by atoms with van der Waals surface area (Å²) in [7, 11) is 0. The van der Waals surface area contributed by atoms with E-state index in [2.05, 4.69) is 39.1 Å². The van der Waals surface area contributed by atoms with Gasteiger partial charge in [0.25, 0.3) is 5.91 Å². The van der Waals surface area contributed by atoms with Crippen LogP contribution in [0.25, 0.3) is 22.0 Å². The lowest BCUT2D eigenvalue weighted by molar-refractivity contribution is 0.0747. The molecule has 6 rings (SSSR count). The first-order valence-electron chi connectivity index (χ1n) is 12.5. The first-order chi connectivity index (χ1) is 17.6. The summed E-state index contributed by atoms with van der Waals surface area (Å²) in [6, 6.07) is 22.6. The number of amides is 1. The Morgan fingerprint density at radius 1 is 1.00 bits per heavy atom. The lowest BCUT2D eigenvalue weighted by atomic mass is 9.97. The summed E-state index contributed by atoms with van der Waals surface area (Å²) in [5.74, 6) is -0.0432. The first-order valence-corrected chi connectivity index (χ1v) is 12.5. The molecule has 1 unspecified atom stereocenters. The fraction of sp³-hybridized carbons (Fsp3) is 0.276. The van der Waals surface area contributed by atoms with Crippen LogP contribution in [0.5, 0.6) is 0 Å². The van der Waals surface area contributed by atoms with Gasteiger partial charge in [-0.15, -0.1) is 0 Å². The average Bonchev–Trinajstić information content (AvgIpc) is 3.54. The maximum atomic E-state index is 13.6. The number of carbonyl (C=O) groups is 1. The lowest BCUT2D eigenvalue weighted by Crippen LogP contribution is -2.31. The van der Waals surface area contributed by atoms with Gasteiger partial charge in [0.1, 0.15) is 5.69 Å². The second-order valence-electron chi connectivity index (χ2n) is 9.70. The van der Waals surface area contributed by atoms with Gasteiger partial charge in [-0.2, -0.15) is 0 Å². The van der Waals surface area contributed by atoms with Crippen molar-refractivity contribution in [3.05, 3.63) is 89.1 Å². The van der Waals surface area contributed by atoms with Crippen molar-refractivity contribution in [1.29, 1.82) is 0 Å². The number of hydrogen-bond donors (Lipinski definition) is 2. The minimum Gasteiger partial charge on any atom is -0.395 e. The van der Waals surface area contributed by atoms with Crippen molar-refractivity contribution in [3.8, 4) is 11.1 Å². The number of aliphatic hydroxyl groups is 1. The third kappa shape index (κ3) is 4.10. The van der Waals surface area contributed by atoms with Crippen molar-refractivity contribution in [2.45, 2.75) is 38.5 Å². The Kier molecular flexibility index (Phi) is 5.87. The van der Waals surface area contributed by atoms with Gasteiger partial charge in [-0.05, 0) is 59.3 Å². The smallest absolute Gasteiger partial charge is 0.273 e. The Morgan fingerprint density at radius 3 is 2.53 bits per heavy atom. The fourth-order valence-electron chi connectivity index (χ4n) is 5.57. The second kappa shape index (κ2) is 9.33. The third-order valence-electron chi connectivity index (χ3n) is 7.46. The van der Waals surface area contributed by atoms with E-state index in [-0.39, 0.29) is 24.5 Å². The molecule has 3 heterocycles. The van der Waals surface area contributed by atoms with E-state index in [9.17, 15) is 9.90 Å². The van der Waals surface area contributed by atoms with E-state index in [1.54, 1.807) is 0 Å². The molecule has 4 aromatic rings. The summed E-state index contributed by atoms with van der Waals surface area (Å²) in [5, 5.41) is 10.5. The average molecular weight is 480 g/mol. The molecule has 182 valence electrons. The van der Waals surface area contributed by atoms with Crippen LogP contribution in [-0.4, -0.2) is 50.0 Å². The summed E-state index contributed by atoms with van der Waals surface area (Å²) >= 11 is 0. The molecule has 1 atom stereocenters. The van der Waals surface area contributed by atoms with Crippen molar-refractivity contribution in [1.82, 2.24) is 19.8 Å². The van der Waals surface area contributed by atoms with Crippen LogP contribution < -0.4 is 5.73 Å².